The quantitative estimate of drug-likeness (QED) is 0.383. The van der Waals surface area contributed by atoms with Crippen LogP contribution in [0, 0.1) is 29.4 Å². The van der Waals surface area contributed by atoms with E-state index < -0.39 is 11.6 Å². The van der Waals surface area contributed by atoms with Crippen molar-refractivity contribution in [2.45, 2.75) is 89.3 Å². The van der Waals surface area contributed by atoms with Crippen LogP contribution in [0.5, 0.6) is 5.75 Å². The molecule has 1 aromatic rings. The summed E-state index contributed by atoms with van der Waals surface area (Å²) >= 11 is 0. The van der Waals surface area contributed by atoms with Crippen molar-refractivity contribution in [3.63, 3.8) is 0 Å². The molecule has 1 heterocycles. The van der Waals surface area contributed by atoms with Crippen LogP contribution < -0.4 is 4.74 Å². The third-order valence-electron chi connectivity index (χ3n) is 8.23. The van der Waals surface area contributed by atoms with Gasteiger partial charge in [0, 0.05) is 6.61 Å². The van der Waals surface area contributed by atoms with Crippen LogP contribution in [0.2, 0.25) is 0 Å². The smallest absolute Gasteiger partial charge is 0.200 e. The first kappa shape index (κ1) is 24.7. The second kappa shape index (κ2) is 11.8. The third-order valence-corrected chi connectivity index (χ3v) is 8.23. The lowest BCUT2D eigenvalue weighted by Crippen LogP contribution is -2.32. The van der Waals surface area contributed by atoms with Gasteiger partial charge >= 0.3 is 0 Å². The number of hydrogen-bond acceptors (Lipinski definition) is 3. The van der Waals surface area contributed by atoms with Gasteiger partial charge in [-0.1, -0.05) is 12.1 Å². The van der Waals surface area contributed by atoms with Gasteiger partial charge in [0.1, 0.15) is 0 Å². The largest absolute Gasteiger partial charge is 0.491 e. The first-order valence-corrected chi connectivity index (χ1v) is 13.0. The van der Waals surface area contributed by atoms with Gasteiger partial charge in [-0.3, -0.25) is 0 Å². The molecule has 1 saturated heterocycles. The van der Waals surface area contributed by atoms with Gasteiger partial charge in [0.05, 0.1) is 25.4 Å². The summed E-state index contributed by atoms with van der Waals surface area (Å²) in [6, 6.07) is 3.26. The van der Waals surface area contributed by atoms with E-state index >= 15 is 0 Å². The summed E-state index contributed by atoms with van der Waals surface area (Å²) < 4.78 is 46.2. The van der Waals surface area contributed by atoms with Gasteiger partial charge in [0.2, 0.25) is 5.82 Å². The Morgan fingerprint density at radius 3 is 2.30 bits per heavy atom. The lowest BCUT2D eigenvalue weighted by molar-refractivity contribution is -0.0291. The highest BCUT2D eigenvalue weighted by Gasteiger charge is 2.32. The maximum Gasteiger partial charge on any atom is 0.200 e. The van der Waals surface area contributed by atoms with E-state index in [4.69, 9.17) is 14.2 Å². The van der Waals surface area contributed by atoms with E-state index in [0.717, 1.165) is 51.2 Å². The first-order chi connectivity index (χ1) is 16.1. The van der Waals surface area contributed by atoms with Gasteiger partial charge in [0.15, 0.2) is 11.6 Å². The number of rotatable bonds is 8. The van der Waals surface area contributed by atoms with E-state index in [1.807, 2.05) is 6.08 Å². The zero-order valence-electron chi connectivity index (χ0n) is 20.1. The van der Waals surface area contributed by atoms with Gasteiger partial charge in [-0.2, -0.15) is 4.39 Å². The van der Waals surface area contributed by atoms with Crippen molar-refractivity contribution in [3.8, 4) is 5.75 Å². The normalized spacial score (nSPS) is 32.9. The summed E-state index contributed by atoms with van der Waals surface area (Å²) in [5.74, 6) is 0.625. The molecule has 3 nitrogen and oxygen atoms in total. The number of ether oxygens (including phenoxy) is 3. The molecule has 0 spiro atoms. The molecule has 0 bridgehead atoms. The first-order valence-electron chi connectivity index (χ1n) is 13.0. The Labute approximate surface area is 197 Å². The van der Waals surface area contributed by atoms with Gasteiger partial charge in [-0.05, 0) is 106 Å². The molecule has 33 heavy (non-hydrogen) atoms. The molecular formula is C28H40F2O3. The Balaban J connectivity index is 1.17. The van der Waals surface area contributed by atoms with E-state index in [0.29, 0.717) is 24.0 Å². The summed E-state index contributed by atoms with van der Waals surface area (Å²) in [6.45, 7) is 7.68. The third kappa shape index (κ3) is 6.16. The fourth-order valence-electron chi connectivity index (χ4n) is 6.12. The van der Waals surface area contributed by atoms with E-state index in [1.54, 1.807) is 19.1 Å². The van der Waals surface area contributed by atoms with E-state index in [-0.39, 0.29) is 23.9 Å². The second-order valence-corrected chi connectivity index (χ2v) is 10.2. The molecular weight excluding hydrogens is 422 g/mol. The minimum Gasteiger partial charge on any atom is -0.491 e. The monoisotopic (exact) mass is 462 g/mol. The Kier molecular flexibility index (Phi) is 8.81. The van der Waals surface area contributed by atoms with Gasteiger partial charge < -0.3 is 14.2 Å². The van der Waals surface area contributed by atoms with Crippen LogP contribution in [0.3, 0.4) is 0 Å². The van der Waals surface area contributed by atoms with Crippen LogP contribution >= 0.6 is 0 Å². The lowest BCUT2D eigenvalue weighted by atomic mass is 9.74. The zero-order valence-corrected chi connectivity index (χ0v) is 20.1. The van der Waals surface area contributed by atoms with Crippen molar-refractivity contribution in [1.29, 1.82) is 0 Å². The fraction of sp³-hybridized carbons (Fsp3) is 0.714. The Morgan fingerprint density at radius 2 is 1.67 bits per heavy atom. The molecule has 0 aromatic heterocycles. The summed E-state index contributed by atoms with van der Waals surface area (Å²) in [4.78, 5) is 0. The molecule has 2 aliphatic carbocycles. The molecule has 1 aromatic carbocycles. The van der Waals surface area contributed by atoms with Gasteiger partial charge in [-0.15, -0.1) is 6.58 Å². The highest BCUT2D eigenvalue weighted by Crippen LogP contribution is 2.40. The summed E-state index contributed by atoms with van der Waals surface area (Å²) in [7, 11) is 0. The van der Waals surface area contributed by atoms with E-state index in [9.17, 15) is 8.78 Å². The average molecular weight is 463 g/mol. The summed E-state index contributed by atoms with van der Waals surface area (Å²) in [5.41, 5.74) is 0.485. The minimum absolute atomic E-state index is 0.00228. The SMILES string of the molecule is C=CC1CCC(C2CCC(COC3CCC(c4ccc(OCC)c(F)c4F)CC3)CC2)CO1. The molecule has 3 fully saturated rings. The van der Waals surface area contributed by atoms with Gasteiger partial charge in [0.25, 0.3) is 0 Å². The van der Waals surface area contributed by atoms with Crippen LogP contribution in [0.4, 0.5) is 8.78 Å². The molecule has 1 aliphatic heterocycles. The summed E-state index contributed by atoms with van der Waals surface area (Å²) in [5, 5.41) is 0. The Morgan fingerprint density at radius 1 is 0.939 bits per heavy atom. The molecule has 0 radical (unpaired) electrons. The van der Waals surface area contributed by atoms with Gasteiger partial charge in [-0.25, -0.2) is 4.39 Å². The van der Waals surface area contributed by atoms with E-state index in [1.165, 1.54) is 32.1 Å². The summed E-state index contributed by atoms with van der Waals surface area (Å²) in [6.07, 6.45) is 13.4. The van der Waals surface area contributed by atoms with Crippen LogP contribution in [0.15, 0.2) is 24.8 Å². The molecule has 2 unspecified atom stereocenters. The van der Waals surface area contributed by atoms with Crippen molar-refractivity contribution in [1.82, 2.24) is 0 Å². The van der Waals surface area contributed by atoms with Crippen LogP contribution in [0.25, 0.3) is 0 Å². The predicted molar refractivity (Wildman–Crippen MR) is 127 cm³/mol. The highest BCUT2D eigenvalue weighted by molar-refractivity contribution is 5.33. The van der Waals surface area contributed by atoms with E-state index in [2.05, 4.69) is 6.58 Å². The molecule has 4 rings (SSSR count). The van der Waals surface area contributed by atoms with Crippen LogP contribution in [0.1, 0.15) is 82.6 Å². The Bertz CT molecular complexity index is 759. The fourth-order valence-corrected chi connectivity index (χ4v) is 6.12. The number of benzene rings is 1. The van der Waals surface area contributed by atoms with Crippen LogP contribution in [-0.4, -0.2) is 32.0 Å². The number of hydrogen-bond donors (Lipinski definition) is 0. The van der Waals surface area contributed by atoms with Crippen molar-refractivity contribution in [3.05, 3.63) is 42.0 Å². The topological polar surface area (TPSA) is 27.7 Å². The minimum atomic E-state index is -0.858. The molecule has 2 saturated carbocycles. The lowest BCUT2D eigenvalue weighted by Gasteiger charge is -2.37. The number of halogens is 2. The van der Waals surface area contributed by atoms with Crippen molar-refractivity contribution in [2.75, 3.05) is 19.8 Å². The maximum atomic E-state index is 14.6. The zero-order chi connectivity index (χ0) is 23.2. The van der Waals surface area contributed by atoms with Crippen LogP contribution in [-0.2, 0) is 9.47 Å². The standard InChI is InChI=1S/C28H40F2O3/c1-3-23-12-11-22(18-33-23)20-7-5-19(6-8-20)17-32-24-13-9-21(10-14-24)25-15-16-26(31-4-2)28(30)27(25)29/h3,15-16,19-24H,1,4-14,17-18H2,2H3. The molecule has 3 aliphatic rings. The predicted octanol–water partition coefficient (Wildman–Crippen LogP) is 7.19. The second-order valence-electron chi connectivity index (χ2n) is 10.2. The van der Waals surface area contributed by atoms with Crippen molar-refractivity contribution in [2.24, 2.45) is 17.8 Å². The molecule has 5 heteroatoms. The molecule has 0 N–H and O–H groups in total. The molecule has 0 amide bonds. The van der Waals surface area contributed by atoms with Crippen molar-refractivity contribution < 1.29 is 23.0 Å². The Hall–Kier alpha value is -1.46. The molecule has 2 atom stereocenters. The average Bonchev–Trinajstić information content (AvgIpc) is 2.87. The van der Waals surface area contributed by atoms with Crippen molar-refractivity contribution >= 4 is 0 Å². The maximum absolute atomic E-state index is 14.6. The molecule has 184 valence electrons. The highest BCUT2D eigenvalue weighted by atomic mass is 19.2.